The van der Waals surface area contributed by atoms with Crippen molar-refractivity contribution in [3.63, 3.8) is 0 Å². The molecule has 7 fully saturated rings. The van der Waals surface area contributed by atoms with Crippen LogP contribution in [0.3, 0.4) is 0 Å². The second-order valence-corrected chi connectivity index (χ2v) is 16.8. The molecule has 1 aromatic rings. The Kier molecular flexibility index (Phi) is 7.03. The van der Waals surface area contributed by atoms with Gasteiger partial charge in [-0.05, 0) is 81.4 Å². The lowest BCUT2D eigenvalue weighted by atomic mass is 9.41. The number of rotatable bonds is 4. The molecule has 0 aromatic heterocycles. The SMILES string of the molecule is COc1ccc(C(=O)C23C[C@@H](O)C4C5(CC6C7CN8CC(C)CCC8[C@@](C)(O)C7C(O)[C@H](O)[C@]64O)OC2(O)C(O)CCC53C)cc1OC. The van der Waals surface area contributed by atoms with Crippen molar-refractivity contribution in [3.05, 3.63) is 23.8 Å². The molecule has 3 saturated heterocycles. The number of fused-ring (bicyclic) bond motifs is 5. The highest BCUT2D eigenvalue weighted by Gasteiger charge is 2.92. The molecule has 3 aliphatic heterocycles. The predicted octanol–water partition coefficient (Wildman–Crippen LogP) is 0.456. The molecule has 266 valence electrons. The maximum atomic E-state index is 15.0. The standard InChI is InChI=1S/C36H51NO11/c1-17-6-9-24-32(3,43)26-19(16-37(24)15-17)20-13-34-28(35(20,44)30(42)27(26)40)21(38)14-33(31(34,2)11-10-25(39)36(33,45)48-34)29(41)18-7-8-22(46-4)23(12-18)47-5/h7-8,12,17,19-21,24-28,30,38-40,42-45H,6,9-11,13-16H2,1-5H3/t17?,19?,20?,21-,24?,25?,26?,27?,28?,30+,31?,32-,33?,34?,35+,36?/m1/s1. The van der Waals surface area contributed by atoms with Crippen LogP contribution in [0.5, 0.6) is 11.5 Å². The molecular weight excluding hydrogens is 622 g/mol. The highest BCUT2D eigenvalue weighted by atomic mass is 16.7. The number of Topliss-reactive ketones (excluding diaryl/α,β-unsaturated/α-hetero) is 1. The number of ketones is 1. The molecule has 7 aliphatic rings. The smallest absolute Gasteiger partial charge is 0.206 e. The number of piperidine rings is 2. The van der Waals surface area contributed by atoms with Crippen LogP contribution >= 0.6 is 0 Å². The molecule has 8 rings (SSSR count). The highest BCUT2D eigenvalue weighted by Crippen LogP contribution is 2.81. The average Bonchev–Trinajstić information content (AvgIpc) is 3.33. The fourth-order valence-electron chi connectivity index (χ4n) is 13.2. The minimum absolute atomic E-state index is 0.0484. The van der Waals surface area contributed by atoms with Gasteiger partial charge in [-0.25, -0.2) is 0 Å². The zero-order chi connectivity index (χ0) is 34.6. The Morgan fingerprint density at radius 3 is 2.35 bits per heavy atom. The Morgan fingerprint density at radius 2 is 1.67 bits per heavy atom. The third-order valence-corrected chi connectivity index (χ3v) is 15.1. The molecule has 1 spiro atoms. The van der Waals surface area contributed by atoms with E-state index in [-0.39, 0.29) is 37.3 Å². The summed E-state index contributed by atoms with van der Waals surface area (Å²) in [4.78, 5) is 17.3. The lowest BCUT2D eigenvalue weighted by Gasteiger charge is -2.64. The van der Waals surface area contributed by atoms with Crippen molar-refractivity contribution in [2.75, 3.05) is 27.3 Å². The number of aliphatic hydroxyl groups is 7. The molecule has 0 radical (unpaired) electrons. The molecule has 4 saturated carbocycles. The van der Waals surface area contributed by atoms with E-state index in [1.807, 2.05) is 6.92 Å². The number of ether oxygens (including phenoxy) is 3. The summed E-state index contributed by atoms with van der Waals surface area (Å²) >= 11 is 0. The van der Waals surface area contributed by atoms with Gasteiger partial charge >= 0.3 is 0 Å². The third-order valence-electron chi connectivity index (χ3n) is 15.1. The zero-order valence-corrected chi connectivity index (χ0v) is 28.4. The summed E-state index contributed by atoms with van der Waals surface area (Å²) in [7, 11) is 2.93. The lowest BCUT2D eigenvalue weighted by Crippen LogP contribution is -2.77. The largest absolute Gasteiger partial charge is 0.493 e. The van der Waals surface area contributed by atoms with E-state index in [1.165, 1.54) is 20.3 Å². The van der Waals surface area contributed by atoms with E-state index in [2.05, 4.69) is 11.8 Å². The van der Waals surface area contributed by atoms with Crippen molar-refractivity contribution >= 4 is 5.78 Å². The van der Waals surface area contributed by atoms with Crippen molar-refractivity contribution < 1.29 is 54.8 Å². The van der Waals surface area contributed by atoms with Crippen LogP contribution in [0.15, 0.2) is 18.2 Å². The van der Waals surface area contributed by atoms with Gasteiger partial charge in [-0.15, -0.1) is 0 Å². The number of methoxy groups -OCH3 is 2. The summed E-state index contributed by atoms with van der Waals surface area (Å²) < 4.78 is 17.6. The monoisotopic (exact) mass is 673 g/mol. The third kappa shape index (κ3) is 3.50. The molecule has 4 bridgehead atoms. The van der Waals surface area contributed by atoms with Gasteiger partial charge in [0, 0.05) is 41.9 Å². The van der Waals surface area contributed by atoms with Gasteiger partial charge in [0.25, 0.3) is 0 Å². The first-order chi connectivity index (χ1) is 22.5. The number of nitrogens with zero attached hydrogens (tertiary/aromatic N) is 1. The molecule has 0 amide bonds. The Bertz CT molecular complexity index is 1520. The molecule has 16 atom stereocenters. The number of benzene rings is 1. The van der Waals surface area contributed by atoms with Crippen LogP contribution in [0, 0.1) is 40.4 Å². The summed E-state index contributed by atoms with van der Waals surface area (Å²) in [5, 5.41) is 85.3. The van der Waals surface area contributed by atoms with Gasteiger partial charge in [-0.3, -0.25) is 9.69 Å². The van der Waals surface area contributed by atoms with Gasteiger partial charge < -0.3 is 50.0 Å². The summed E-state index contributed by atoms with van der Waals surface area (Å²) in [6.45, 7) is 6.94. The molecule has 3 heterocycles. The van der Waals surface area contributed by atoms with Crippen LogP contribution in [0.25, 0.3) is 0 Å². The average molecular weight is 674 g/mol. The first-order valence-corrected chi connectivity index (χ1v) is 17.6. The van der Waals surface area contributed by atoms with E-state index in [1.54, 1.807) is 19.1 Å². The number of carbonyl (C=O) groups excluding carboxylic acids is 1. The van der Waals surface area contributed by atoms with Gasteiger partial charge in [0.15, 0.2) is 17.3 Å². The predicted molar refractivity (Wildman–Crippen MR) is 169 cm³/mol. The zero-order valence-electron chi connectivity index (χ0n) is 28.4. The van der Waals surface area contributed by atoms with Crippen molar-refractivity contribution in [1.82, 2.24) is 4.90 Å². The molecular formula is C36H51NO11. The van der Waals surface area contributed by atoms with Crippen LogP contribution in [-0.2, 0) is 4.74 Å². The summed E-state index contributed by atoms with van der Waals surface area (Å²) in [6.07, 6.45) is -4.47. The summed E-state index contributed by atoms with van der Waals surface area (Å²) in [5.41, 5.74) is -7.93. The first-order valence-electron chi connectivity index (χ1n) is 17.6. The normalized spacial score (nSPS) is 55.2. The van der Waals surface area contributed by atoms with Gasteiger partial charge in [0.05, 0.1) is 37.6 Å². The fraction of sp³-hybridized carbons (Fsp3) is 0.806. The Balaban J connectivity index is 1.29. The number of carbonyl (C=O) groups is 1. The molecule has 12 nitrogen and oxygen atoms in total. The second-order valence-electron chi connectivity index (χ2n) is 16.8. The Labute approximate surface area is 280 Å². The molecule has 12 heteroatoms. The first kappa shape index (κ1) is 33.3. The minimum atomic E-state index is -2.43. The molecule has 12 unspecified atom stereocenters. The number of aliphatic hydroxyl groups excluding tert-OH is 4. The summed E-state index contributed by atoms with van der Waals surface area (Å²) in [6, 6.07) is 4.44. The summed E-state index contributed by atoms with van der Waals surface area (Å²) in [5.74, 6) is -5.13. The van der Waals surface area contributed by atoms with Crippen molar-refractivity contribution in [1.29, 1.82) is 0 Å². The van der Waals surface area contributed by atoms with E-state index in [0.717, 1.165) is 19.4 Å². The van der Waals surface area contributed by atoms with E-state index < -0.39 is 87.3 Å². The van der Waals surface area contributed by atoms with Crippen molar-refractivity contribution in [3.8, 4) is 11.5 Å². The molecule has 48 heavy (non-hydrogen) atoms. The van der Waals surface area contributed by atoms with Crippen LogP contribution in [0.2, 0.25) is 0 Å². The van der Waals surface area contributed by atoms with E-state index in [0.29, 0.717) is 24.0 Å². The Morgan fingerprint density at radius 1 is 0.958 bits per heavy atom. The maximum Gasteiger partial charge on any atom is 0.206 e. The van der Waals surface area contributed by atoms with Gasteiger partial charge in [0.2, 0.25) is 5.79 Å². The fourth-order valence-corrected chi connectivity index (χ4v) is 13.2. The van der Waals surface area contributed by atoms with E-state index in [4.69, 9.17) is 14.2 Å². The van der Waals surface area contributed by atoms with Crippen molar-refractivity contribution in [2.45, 2.75) is 112 Å². The Hall–Kier alpha value is -1.87. The van der Waals surface area contributed by atoms with Crippen LogP contribution in [-0.4, -0.2) is 127 Å². The van der Waals surface area contributed by atoms with Crippen molar-refractivity contribution in [2.24, 2.45) is 40.4 Å². The van der Waals surface area contributed by atoms with E-state index >= 15 is 4.79 Å². The topological polar surface area (TPSA) is 190 Å². The van der Waals surface area contributed by atoms with Gasteiger partial charge in [0.1, 0.15) is 23.2 Å². The second kappa shape index (κ2) is 10.1. The molecule has 7 N–H and O–H groups in total. The van der Waals surface area contributed by atoms with Gasteiger partial charge in [-0.1, -0.05) is 13.8 Å². The maximum absolute atomic E-state index is 15.0. The highest BCUT2D eigenvalue weighted by molar-refractivity contribution is 6.03. The lowest BCUT2D eigenvalue weighted by molar-refractivity contribution is -0.298. The molecule has 1 aromatic carbocycles. The van der Waals surface area contributed by atoms with Crippen LogP contribution in [0.1, 0.15) is 69.7 Å². The van der Waals surface area contributed by atoms with E-state index in [9.17, 15) is 35.7 Å². The number of hydrogen-bond donors (Lipinski definition) is 7. The van der Waals surface area contributed by atoms with Crippen LogP contribution in [0.4, 0.5) is 0 Å². The van der Waals surface area contributed by atoms with Gasteiger partial charge in [-0.2, -0.15) is 0 Å². The minimum Gasteiger partial charge on any atom is -0.493 e. The molecule has 4 aliphatic carbocycles. The quantitative estimate of drug-likeness (QED) is 0.219. The number of hydrogen-bond acceptors (Lipinski definition) is 12. The van der Waals surface area contributed by atoms with Crippen LogP contribution < -0.4 is 9.47 Å².